The molecule has 8 heteroatoms. The van der Waals surface area contributed by atoms with Gasteiger partial charge >= 0.3 is 0 Å². The molecule has 0 bridgehead atoms. The highest BCUT2D eigenvalue weighted by Gasteiger charge is 2.42. The van der Waals surface area contributed by atoms with E-state index in [4.69, 9.17) is 4.52 Å². The smallest absolute Gasteiger partial charge is 0.259 e. The Labute approximate surface area is 153 Å². The van der Waals surface area contributed by atoms with Crippen LogP contribution >= 0.6 is 0 Å². The van der Waals surface area contributed by atoms with Crippen molar-refractivity contribution in [2.24, 2.45) is 5.92 Å². The highest BCUT2D eigenvalue weighted by Crippen LogP contribution is 2.22. The minimum atomic E-state index is -0.609. The number of carbonyl (C=O) groups excluding carboxylic acids is 3. The molecule has 26 heavy (non-hydrogen) atoms. The fraction of sp³-hybridized carbons (Fsp3) is 0.667. The van der Waals surface area contributed by atoms with Crippen LogP contribution in [0, 0.1) is 19.8 Å². The lowest BCUT2D eigenvalue weighted by Crippen LogP contribution is -2.62. The maximum Gasteiger partial charge on any atom is 0.259 e. The third-order valence-electron chi connectivity index (χ3n) is 4.96. The fourth-order valence-electron chi connectivity index (χ4n) is 3.77. The average molecular weight is 362 g/mol. The molecule has 3 heterocycles. The topological polar surface area (TPSA) is 87.0 Å². The van der Waals surface area contributed by atoms with E-state index in [9.17, 15) is 14.4 Å². The van der Waals surface area contributed by atoms with Crippen molar-refractivity contribution in [3.8, 4) is 0 Å². The van der Waals surface area contributed by atoms with Crippen molar-refractivity contribution in [3.63, 3.8) is 0 Å². The van der Waals surface area contributed by atoms with Crippen LogP contribution in [0.5, 0.6) is 0 Å². The molecule has 0 saturated carbocycles. The lowest BCUT2D eigenvalue weighted by Gasteiger charge is -2.40. The number of hydrogen-bond acceptors (Lipinski definition) is 5. The van der Waals surface area contributed by atoms with Gasteiger partial charge in [0, 0.05) is 19.6 Å². The Kier molecular flexibility index (Phi) is 5.02. The molecule has 1 aromatic heterocycles. The summed E-state index contributed by atoms with van der Waals surface area (Å²) in [6.45, 7) is 9.36. The van der Waals surface area contributed by atoms with E-state index in [-0.39, 0.29) is 36.7 Å². The van der Waals surface area contributed by atoms with E-state index in [2.05, 4.69) is 5.16 Å². The third kappa shape index (κ3) is 3.32. The molecule has 2 aliphatic rings. The molecule has 0 spiro atoms. The van der Waals surface area contributed by atoms with Crippen LogP contribution in [-0.4, -0.2) is 76.3 Å². The molecule has 3 amide bonds. The second-order valence-electron chi connectivity index (χ2n) is 7.52. The molecule has 1 unspecified atom stereocenters. The predicted molar refractivity (Wildman–Crippen MR) is 93.4 cm³/mol. The Balaban J connectivity index is 1.84. The third-order valence-corrected chi connectivity index (χ3v) is 4.96. The molecule has 2 fully saturated rings. The largest absolute Gasteiger partial charge is 0.361 e. The molecular formula is C18H26N4O4. The predicted octanol–water partition coefficient (Wildman–Crippen LogP) is 0.833. The van der Waals surface area contributed by atoms with Gasteiger partial charge in [-0.15, -0.1) is 0 Å². The van der Waals surface area contributed by atoms with E-state index in [1.807, 2.05) is 13.8 Å². The van der Waals surface area contributed by atoms with E-state index < -0.39 is 6.04 Å². The van der Waals surface area contributed by atoms with Gasteiger partial charge in [-0.2, -0.15) is 0 Å². The Morgan fingerprint density at radius 1 is 1.27 bits per heavy atom. The van der Waals surface area contributed by atoms with Crippen molar-refractivity contribution >= 4 is 17.7 Å². The molecule has 0 aliphatic carbocycles. The minimum absolute atomic E-state index is 0.0399. The Morgan fingerprint density at radius 3 is 2.62 bits per heavy atom. The first kappa shape index (κ1) is 18.4. The number of hydrogen-bond donors (Lipinski definition) is 0. The summed E-state index contributed by atoms with van der Waals surface area (Å²) in [5.74, 6) is 0.452. The second-order valence-corrected chi connectivity index (χ2v) is 7.52. The van der Waals surface area contributed by atoms with Crippen LogP contribution in [0.15, 0.2) is 4.52 Å². The van der Waals surface area contributed by atoms with Gasteiger partial charge in [0.25, 0.3) is 5.91 Å². The monoisotopic (exact) mass is 362 g/mol. The van der Waals surface area contributed by atoms with Crippen LogP contribution < -0.4 is 0 Å². The Hall–Kier alpha value is -2.38. The van der Waals surface area contributed by atoms with Crippen LogP contribution in [0.25, 0.3) is 0 Å². The number of fused-ring (bicyclic) bond motifs is 1. The van der Waals surface area contributed by atoms with Crippen molar-refractivity contribution < 1.29 is 18.9 Å². The molecular weight excluding hydrogens is 336 g/mol. The molecule has 0 aromatic carbocycles. The number of aryl methyl sites for hydroxylation is 2. The molecule has 2 aliphatic heterocycles. The van der Waals surface area contributed by atoms with Gasteiger partial charge in [0.2, 0.25) is 11.8 Å². The summed E-state index contributed by atoms with van der Waals surface area (Å²) >= 11 is 0. The van der Waals surface area contributed by atoms with Gasteiger partial charge in [-0.3, -0.25) is 14.4 Å². The average Bonchev–Trinajstić information content (AvgIpc) is 2.79. The van der Waals surface area contributed by atoms with Gasteiger partial charge in [0.1, 0.15) is 17.4 Å². The number of piperazine rings is 1. The van der Waals surface area contributed by atoms with Crippen LogP contribution in [-0.2, 0) is 9.59 Å². The molecule has 0 radical (unpaired) electrons. The molecule has 1 aromatic rings. The number of nitrogens with zero attached hydrogens (tertiary/aromatic N) is 4. The SMILES string of the molecule is Cc1noc(C)c1C(=O)N1CCCN2C(=O)CN(CC(C)C)C(=O)C2C1. The first-order valence-electron chi connectivity index (χ1n) is 9.10. The molecule has 1 atom stereocenters. The molecule has 142 valence electrons. The first-order valence-corrected chi connectivity index (χ1v) is 9.10. The summed E-state index contributed by atoms with van der Waals surface area (Å²) in [5, 5.41) is 3.85. The van der Waals surface area contributed by atoms with Crippen molar-refractivity contribution in [1.29, 1.82) is 0 Å². The summed E-state index contributed by atoms with van der Waals surface area (Å²) in [7, 11) is 0. The Morgan fingerprint density at radius 2 is 2.00 bits per heavy atom. The number of rotatable bonds is 3. The quantitative estimate of drug-likeness (QED) is 0.795. The van der Waals surface area contributed by atoms with E-state index >= 15 is 0 Å². The summed E-state index contributed by atoms with van der Waals surface area (Å²) in [4.78, 5) is 43.4. The first-order chi connectivity index (χ1) is 12.3. The van der Waals surface area contributed by atoms with Crippen LogP contribution in [0.4, 0.5) is 0 Å². The molecule has 8 nitrogen and oxygen atoms in total. The van der Waals surface area contributed by atoms with Gasteiger partial charge in [0.15, 0.2) is 0 Å². The molecule has 3 rings (SSSR count). The van der Waals surface area contributed by atoms with Crippen molar-refractivity contribution in [2.45, 2.75) is 40.2 Å². The van der Waals surface area contributed by atoms with Crippen LogP contribution in [0.3, 0.4) is 0 Å². The van der Waals surface area contributed by atoms with E-state index in [0.29, 0.717) is 43.1 Å². The van der Waals surface area contributed by atoms with Gasteiger partial charge in [-0.1, -0.05) is 19.0 Å². The lowest BCUT2D eigenvalue weighted by atomic mass is 10.1. The maximum atomic E-state index is 13.0. The highest BCUT2D eigenvalue weighted by molar-refractivity contribution is 5.98. The fourth-order valence-corrected chi connectivity index (χ4v) is 3.77. The van der Waals surface area contributed by atoms with E-state index in [0.717, 1.165) is 0 Å². The Bertz CT molecular complexity index is 707. The summed E-state index contributed by atoms with van der Waals surface area (Å²) < 4.78 is 5.11. The highest BCUT2D eigenvalue weighted by atomic mass is 16.5. The molecule has 0 N–H and O–H groups in total. The number of amides is 3. The lowest BCUT2D eigenvalue weighted by molar-refractivity contribution is -0.156. The van der Waals surface area contributed by atoms with Gasteiger partial charge in [-0.05, 0) is 26.2 Å². The minimum Gasteiger partial charge on any atom is -0.361 e. The second kappa shape index (κ2) is 7.09. The number of carbonyl (C=O) groups is 3. The molecule has 2 saturated heterocycles. The zero-order valence-corrected chi connectivity index (χ0v) is 15.8. The summed E-state index contributed by atoms with van der Waals surface area (Å²) in [6.07, 6.45) is 0.648. The van der Waals surface area contributed by atoms with Crippen molar-refractivity contribution in [2.75, 3.05) is 32.7 Å². The zero-order valence-electron chi connectivity index (χ0n) is 15.8. The van der Waals surface area contributed by atoms with Crippen molar-refractivity contribution in [3.05, 3.63) is 17.0 Å². The van der Waals surface area contributed by atoms with E-state index in [1.165, 1.54) is 0 Å². The normalized spacial score (nSPS) is 21.3. The standard InChI is InChI=1S/C18H26N4O4/c1-11(2)8-21-10-15(23)22-7-5-6-20(9-14(22)17(21)24)18(25)16-12(3)19-26-13(16)4/h11,14H,5-10H2,1-4H3. The maximum absolute atomic E-state index is 13.0. The zero-order chi connectivity index (χ0) is 19.0. The van der Waals surface area contributed by atoms with Crippen LogP contribution in [0.2, 0.25) is 0 Å². The van der Waals surface area contributed by atoms with Crippen LogP contribution in [0.1, 0.15) is 42.1 Å². The van der Waals surface area contributed by atoms with Gasteiger partial charge < -0.3 is 19.2 Å². The summed E-state index contributed by atoms with van der Waals surface area (Å²) in [6, 6.07) is -0.609. The van der Waals surface area contributed by atoms with Gasteiger partial charge in [0.05, 0.1) is 18.8 Å². The van der Waals surface area contributed by atoms with Crippen molar-refractivity contribution in [1.82, 2.24) is 19.9 Å². The van der Waals surface area contributed by atoms with Gasteiger partial charge in [-0.25, -0.2) is 0 Å². The summed E-state index contributed by atoms with van der Waals surface area (Å²) in [5.41, 5.74) is 0.994. The number of aromatic nitrogens is 1. The van der Waals surface area contributed by atoms with E-state index in [1.54, 1.807) is 28.5 Å².